The highest BCUT2D eigenvalue weighted by Crippen LogP contribution is 2.34. The van der Waals surface area contributed by atoms with Crippen LogP contribution >= 0.6 is 11.6 Å². The summed E-state index contributed by atoms with van der Waals surface area (Å²) in [5, 5.41) is 11.5. The van der Waals surface area contributed by atoms with Gasteiger partial charge in [-0.3, -0.25) is 4.79 Å². The van der Waals surface area contributed by atoms with Gasteiger partial charge >= 0.3 is 0 Å². The number of hydrogen-bond acceptors (Lipinski definition) is 2. The van der Waals surface area contributed by atoms with Gasteiger partial charge in [-0.1, -0.05) is 41.9 Å². The first-order chi connectivity index (χ1) is 12.3. The molecule has 0 aliphatic rings. The summed E-state index contributed by atoms with van der Waals surface area (Å²) in [5.74, 6) is -0.111. The van der Waals surface area contributed by atoms with Crippen molar-refractivity contribution in [1.82, 2.24) is 9.88 Å². The number of nitrogens with zero attached hydrogens (tertiary/aromatic N) is 1. The number of H-pyrrole nitrogens is 1. The van der Waals surface area contributed by atoms with Gasteiger partial charge in [0.25, 0.3) is 5.91 Å². The normalized spacial score (nSPS) is 11.7. The Morgan fingerprint density at radius 1 is 1.19 bits per heavy atom. The van der Waals surface area contributed by atoms with E-state index in [4.69, 9.17) is 11.6 Å². The summed E-state index contributed by atoms with van der Waals surface area (Å²) in [6.45, 7) is 3.95. The van der Waals surface area contributed by atoms with E-state index in [1.807, 2.05) is 42.5 Å². The number of carbonyl (C=O) groups excluding carboxylic acids is 1. The summed E-state index contributed by atoms with van der Waals surface area (Å²) in [7, 11) is 1.75. The molecule has 3 aromatic rings. The Hall–Kier alpha value is -2.30. The molecule has 0 bridgehead atoms. The van der Waals surface area contributed by atoms with Crippen molar-refractivity contribution in [2.75, 3.05) is 13.6 Å². The fraction of sp³-hybridized carbons (Fsp3) is 0.286. The lowest BCUT2D eigenvalue weighted by Gasteiger charge is -2.23. The van der Waals surface area contributed by atoms with Gasteiger partial charge < -0.3 is 15.0 Å². The molecule has 0 radical (unpaired) electrons. The predicted molar refractivity (Wildman–Crippen MR) is 107 cm³/mol. The number of amides is 1. The van der Waals surface area contributed by atoms with Gasteiger partial charge in [0.15, 0.2) is 0 Å². The minimum absolute atomic E-state index is 0.111. The number of rotatable bonds is 5. The minimum atomic E-state index is -0.815. The van der Waals surface area contributed by atoms with Gasteiger partial charge in [0.2, 0.25) is 0 Å². The van der Waals surface area contributed by atoms with Crippen molar-refractivity contribution in [1.29, 1.82) is 0 Å². The Balaban J connectivity index is 2.06. The quantitative estimate of drug-likeness (QED) is 0.682. The molecule has 0 spiro atoms. The Bertz CT molecular complexity index is 926. The van der Waals surface area contributed by atoms with Gasteiger partial charge in [0.1, 0.15) is 5.69 Å². The van der Waals surface area contributed by atoms with E-state index in [1.54, 1.807) is 31.9 Å². The highest BCUT2D eigenvalue weighted by molar-refractivity contribution is 6.31. The van der Waals surface area contributed by atoms with Gasteiger partial charge in [-0.05, 0) is 44.0 Å². The molecule has 0 saturated carbocycles. The third-order valence-electron chi connectivity index (χ3n) is 4.44. The first-order valence-electron chi connectivity index (χ1n) is 8.61. The number of hydrogen-bond donors (Lipinski definition) is 2. The van der Waals surface area contributed by atoms with E-state index >= 15 is 0 Å². The van der Waals surface area contributed by atoms with Crippen LogP contribution in [-0.4, -0.2) is 40.1 Å². The van der Waals surface area contributed by atoms with Crippen molar-refractivity contribution in [3.8, 4) is 11.1 Å². The van der Waals surface area contributed by atoms with E-state index in [0.717, 1.165) is 22.0 Å². The van der Waals surface area contributed by atoms with E-state index in [0.29, 0.717) is 23.7 Å². The van der Waals surface area contributed by atoms with Crippen LogP contribution in [-0.2, 0) is 0 Å². The first-order valence-corrected chi connectivity index (χ1v) is 8.98. The van der Waals surface area contributed by atoms with Crippen molar-refractivity contribution in [3.05, 3.63) is 59.2 Å². The maximum absolute atomic E-state index is 13.1. The standard InChI is InChI=1S/C21H23ClN2O2/c1-21(2,26)11-12-24(3)20(25)19-18(14-7-5-4-6-8-14)16-13-15(22)9-10-17(16)23-19/h4-10,13,23,26H,11-12H2,1-3H3. The van der Waals surface area contributed by atoms with E-state index in [9.17, 15) is 9.90 Å². The Labute approximate surface area is 158 Å². The minimum Gasteiger partial charge on any atom is -0.390 e. The number of benzene rings is 2. The van der Waals surface area contributed by atoms with Crippen molar-refractivity contribution in [2.45, 2.75) is 25.9 Å². The van der Waals surface area contributed by atoms with Gasteiger partial charge in [-0.15, -0.1) is 0 Å². The lowest BCUT2D eigenvalue weighted by molar-refractivity contribution is 0.0543. The second-order valence-corrected chi connectivity index (χ2v) is 7.66. The second kappa shape index (κ2) is 7.14. The monoisotopic (exact) mass is 370 g/mol. The molecule has 0 saturated heterocycles. The molecular formula is C21H23ClN2O2. The number of fused-ring (bicyclic) bond motifs is 1. The van der Waals surface area contributed by atoms with E-state index in [-0.39, 0.29) is 5.91 Å². The molecule has 4 nitrogen and oxygen atoms in total. The van der Waals surface area contributed by atoms with Crippen LogP contribution in [0.1, 0.15) is 30.8 Å². The molecule has 2 N–H and O–H groups in total. The zero-order valence-electron chi connectivity index (χ0n) is 15.2. The maximum atomic E-state index is 13.1. The average Bonchev–Trinajstić information content (AvgIpc) is 2.97. The molecule has 0 aliphatic carbocycles. The van der Waals surface area contributed by atoms with Crippen molar-refractivity contribution in [3.63, 3.8) is 0 Å². The first kappa shape index (κ1) is 18.5. The van der Waals surface area contributed by atoms with Crippen molar-refractivity contribution < 1.29 is 9.90 Å². The summed E-state index contributed by atoms with van der Waals surface area (Å²) in [6.07, 6.45) is 0.502. The van der Waals surface area contributed by atoms with Crippen molar-refractivity contribution in [2.24, 2.45) is 0 Å². The zero-order chi connectivity index (χ0) is 18.9. The molecular weight excluding hydrogens is 348 g/mol. The predicted octanol–water partition coefficient (Wildman–Crippen LogP) is 4.72. The van der Waals surface area contributed by atoms with Crippen LogP contribution in [0.5, 0.6) is 0 Å². The molecule has 136 valence electrons. The highest BCUT2D eigenvalue weighted by atomic mass is 35.5. The fourth-order valence-electron chi connectivity index (χ4n) is 2.96. The van der Waals surface area contributed by atoms with Gasteiger partial charge in [-0.2, -0.15) is 0 Å². The molecule has 1 amide bonds. The molecule has 1 aromatic heterocycles. The smallest absolute Gasteiger partial charge is 0.270 e. The van der Waals surface area contributed by atoms with Crippen LogP contribution in [0.15, 0.2) is 48.5 Å². The molecule has 0 unspecified atom stereocenters. The van der Waals surface area contributed by atoms with Gasteiger partial charge in [-0.25, -0.2) is 0 Å². The van der Waals surface area contributed by atoms with Gasteiger partial charge in [0, 0.05) is 35.1 Å². The van der Waals surface area contributed by atoms with E-state index in [1.165, 1.54) is 0 Å². The number of aliphatic hydroxyl groups is 1. The van der Waals surface area contributed by atoms with E-state index < -0.39 is 5.60 Å². The molecule has 5 heteroatoms. The average molecular weight is 371 g/mol. The third kappa shape index (κ3) is 3.92. The molecule has 0 aliphatic heterocycles. The number of halogens is 1. The Kier molecular flexibility index (Phi) is 5.08. The lowest BCUT2D eigenvalue weighted by atomic mass is 10.0. The molecule has 1 heterocycles. The van der Waals surface area contributed by atoms with Gasteiger partial charge in [0.05, 0.1) is 5.60 Å². The van der Waals surface area contributed by atoms with Crippen LogP contribution in [0.25, 0.3) is 22.0 Å². The highest BCUT2D eigenvalue weighted by Gasteiger charge is 2.23. The molecule has 0 atom stereocenters. The number of carbonyl (C=O) groups is 1. The van der Waals surface area contributed by atoms with Crippen LogP contribution in [0.2, 0.25) is 5.02 Å². The summed E-state index contributed by atoms with van der Waals surface area (Å²) in [6, 6.07) is 15.4. The summed E-state index contributed by atoms with van der Waals surface area (Å²) < 4.78 is 0. The maximum Gasteiger partial charge on any atom is 0.270 e. The number of aromatic nitrogens is 1. The SMILES string of the molecule is CN(CCC(C)(C)O)C(=O)c1[nH]c2ccc(Cl)cc2c1-c1ccccc1. The summed E-state index contributed by atoms with van der Waals surface area (Å²) in [4.78, 5) is 18.0. The Morgan fingerprint density at radius 3 is 2.54 bits per heavy atom. The summed E-state index contributed by atoms with van der Waals surface area (Å²) >= 11 is 6.19. The molecule has 26 heavy (non-hydrogen) atoms. The van der Waals surface area contributed by atoms with Crippen molar-refractivity contribution >= 4 is 28.4 Å². The van der Waals surface area contributed by atoms with E-state index in [2.05, 4.69) is 4.98 Å². The molecule has 3 rings (SSSR count). The van der Waals surface area contributed by atoms with Crippen LogP contribution < -0.4 is 0 Å². The second-order valence-electron chi connectivity index (χ2n) is 7.22. The molecule has 2 aromatic carbocycles. The van der Waals surface area contributed by atoms with Crippen LogP contribution in [0.4, 0.5) is 0 Å². The van der Waals surface area contributed by atoms with Crippen LogP contribution in [0.3, 0.4) is 0 Å². The Morgan fingerprint density at radius 2 is 1.88 bits per heavy atom. The van der Waals surface area contributed by atoms with Crippen LogP contribution in [0, 0.1) is 0 Å². The largest absolute Gasteiger partial charge is 0.390 e. The number of nitrogens with one attached hydrogen (secondary N) is 1. The fourth-order valence-corrected chi connectivity index (χ4v) is 3.14. The zero-order valence-corrected chi connectivity index (χ0v) is 16.0. The number of aromatic amines is 1. The summed E-state index contributed by atoms with van der Waals surface area (Å²) in [5.41, 5.74) is 2.40. The lowest BCUT2D eigenvalue weighted by Crippen LogP contribution is -2.33. The third-order valence-corrected chi connectivity index (χ3v) is 4.68. The molecule has 0 fully saturated rings. The topological polar surface area (TPSA) is 56.3 Å².